The summed E-state index contributed by atoms with van der Waals surface area (Å²) in [5, 5.41) is 10.3. The van der Waals surface area contributed by atoms with E-state index in [4.69, 9.17) is 0 Å². The van der Waals surface area contributed by atoms with Crippen molar-refractivity contribution in [1.82, 2.24) is 4.90 Å². The molecule has 2 nitrogen and oxygen atoms in total. The standard InChI is InChI=1S/C16H31NO/c1-4-13-6-7-15(18)14(12-13)17-10-8-16(3,5-2)9-11-17/h13-15,18H,4-12H2,1-3H3. The number of aliphatic hydroxyl groups excluding tert-OH is 1. The summed E-state index contributed by atoms with van der Waals surface area (Å²) >= 11 is 0. The molecule has 1 saturated heterocycles. The first-order valence-corrected chi connectivity index (χ1v) is 8.00. The van der Waals surface area contributed by atoms with E-state index in [1.165, 1.54) is 51.6 Å². The van der Waals surface area contributed by atoms with E-state index in [9.17, 15) is 5.11 Å². The monoisotopic (exact) mass is 253 g/mol. The molecular weight excluding hydrogens is 222 g/mol. The van der Waals surface area contributed by atoms with Crippen molar-refractivity contribution in [1.29, 1.82) is 0 Å². The maximum absolute atomic E-state index is 10.3. The summed E-state index contributed by atoms with van der Waals surface area (Å²) in [6.45, 7) is 9.43. The van der Waals surface area contributed by atoms with E-state index in [-0.39, 0.29) is 6.10 Å². The van der Waals surface area contributed by atoms with E-state index >= 15 is 0 Å². The molecule has 0 amide bonds. The van der Waals surface area contributed by atoms with Gasteiger partial charge in [0, 0.05) is 6.04 Å². The van der Waals surface area contributed by atoms with E-state index < -0.39 is 0 Å². The molecule has 3 unspecified atom stereocenters. The van der Waals surface area contributed by atoms with Crippen LogP contribution in [0.15, 0.2) is 0 Å². The number of rotatable bonds is 3. The number of piperidine rings is 1. The van der Waals surface area contributed by atoms with Gasteiger partial charge in [-0.2, -0.15) is 0 Å². The molecule has 0 aromatic rings. The first-order chi connectivity index (χ1) is 8.58. The summed E-state index contributed by atoms with van der Waals surface area (Å²) in [6.07, 6.45) is 8.60. The van der Waals surface area contributed by atoms with Crippen LogP contribution in [-0.2, 0) is 0 Å². The Morgan fingerprint density at radius 1 is 1.17 bits per heavy atom. The van der Waals surface area contributed by atoms with Crippen LogP contribution >= 0.6 is 0 Å². The van der Waals surface area contributed by atoms with Crippen molar-refractivity contribution in [3.63, 3.8) is 0 Å². The van der Waals surface area contributed by atoms with Crippen LogP contribution in [0, 0.1) is 11.3 Å². The number of likely N-dealkylation sites (tertiary alicyclic amines) is 1. The molecule has 1 aliphatic carbocycles. The van der Waals surface area contributed by atoms with E-state index in [0.29, 0.717) is 11.5 Å². The zero-order valence-corrected chi connectivity index (χ0v) is 12.5. The Morgan fingerprint density at radius 3 is 2.39 bits per heavy atom. The number of hydrogen-bond acceptors (Lipinski definition) is 2. The quantitative estimate of drug-likeness (QED) is 0.833. The van der Waals surface area contributed by atoms with Crippen LogP contribution in [0.25, 0.3) is 0 Å². The second kappa shape index (κ2) is 5.92. The van der Waals surface area contributed by atoms with Gasteiger partial charge in [-0.1, -0.05) is 33.6 Å². The average molecular weight is 253 g/mol. The van der Waals surface area contributed by atoms with Crippen molar-refractivity contribution in [2.45, 2.75) is 77.9 Å². The number of hydrogen-bond donors (Lipinski definition) is 1. The number of nitrogens with zero attached hydrogens (tertiary/aromatic N) is 1. The van der Waals surface area contributed by atoms with Crippen LogP contribution in [0.1, 0.15) is 65.7 Å². The fraction of sp³-hybridized carbons (Fsp3) is 1.00. The van der Waals surface area contributed by atoms with E-state index in [1.807, 2.05) is 0 Å². The lowest BCUT2D eigenvalue weighted by Gasteiger charge is -2.46. The molecule has 3 atom stereocenters. The van der Waals surface area contributed by atoms with Crippen molar-refractivity contribution in [3.05, 3.63) is 0 Å². The Labute approximate surface area is 113 Å². The maximum Gasteiger partial charge on any atom is 0.0695 e. The Morgan fingerprint density at radius 2 is 1.83 bits per heavy atom. The van der Waals surface area contributed by atoms with Gasteiger partial charge in [-0.15, -0.1) is 0 Å². The SMILES string of the molecule is CCC1CCC(O)C(N2CCC(C)(CC)CC2)C1. The highest BCUT2D eigenvalue weighted by Crippen LogP contribution is 2.37. The molecule has 0 bridgehead atoms. The van der Waals surface area contributed by atoms with E-state index in [2.05, 4.69) is 25.7 Å². The van der Waals surface area contributed by atoms with Crippen molar-refractivity contribution in [2.75, 3.05) is 13.1 Å². The predicted molar refractivity (Wildman–Crippen MR) is 76.6 cm³/mol. The molecule has 0 radical (unpaired) electrons. The Balaban J connectivity index is 1.91. The highest BCUT2D eigenvalue weighted by molar-refractivity contribution is 4.90. The molecule has 1 aliphatic heterocycles. The van der Waals surface area contributed by atoms with Crippen LogP contribution in [0.4, 0.5) is 0 Å². The molecule has 2 rings (SSSR count). The molecule has 106 valence electrons. The molecule has 2 fully saturated rings. The van der Waals surface area contributed by atoms with Gasteiger partial charge in [0.2, 0.25) is 0 Å². The Bertz CT molecular complexity index is 258. The van der Waals surface area contributed by atoms with Crippen LogP contribution in [0.3, 0.4) is 0 Å². The molecule has 0 spiro atoms. The largest absolute Gasteiger partial charge is 0.391 e. The Hall–Kier alpha value is -0.0800. The predicted octanol–water partition coefficient (Wildman–Crippen LogP) is 3.44. The summed E-state index contributed by atoms with van der Waals surface area (Å²) in [6, 6.07) is 0.449. The van der Waals surface area contributed by atoms with Crippen molar-refractivity contribution < 1.29 is 5.11 Å². The van der Waals surface area contributed by atoms with Crippen LogP contribution in [-0.4, -0.2) is 35.2 Å². The lowest BCUT2D eigenvalue weighted by Crippen LogP contribution is -2.51. The summed E-state index contributed by atoms with van der Waals surface area (Å²) in [7, 11) is 0. The lowest BCUT2D eigenvalue weighted by molar-refractivity contribution is -0.0229. The summed E-state index contributed by atoms with van der Waals surface area (Å²) in [5.74, 6) is 0.845. The highest BCUT2D eigenvalue weighted by atomic mass is 16.3. The first-order valence-electron chi connectivity index (χ1n) is 8.00. The third-order valence-electron chi connectivity index (χ3n) is 5.79. The molecule has 2 heteroatoms. The van der Waals surface area contributed by atoms with Crippen LogP contribution < -0.4 is 0 Å². The highest BCUT2D eigenvalue weighted by Gasteiger charge is 2.36. The molecule has 1 heterocycles. The third-order valence-corrected chi connectivity index (χ3v) is 5.79. The fourth-order valence-electron chi connectivity index (χ4n) is 3.73. The van der Waals surface area contributed by atoms with Crippen molar-refractivity contribution in [2.24, 2.45) is 11.3 Å². The smallest absolute Gasteiger partial charge is 0.0695 e. The van der Waals surface area contributed by atoms with Crippen LogP contribution in [0.2, 0.25) is 0 Å². The van der Waals surface area contributed by atoms with Crippen LogP contribution in [0.5, 0.6) is 0 Å². The molecule has 1 saturated carbocycles. The molecule has 0 aromatic carbocycles. The van der Waals surface area contributed by atoms with Gasteiger partial charge in [0.05, 0.1) is 6.10 Å². The minimum absolute atomic E-state index is 0.0706. The summed E-state index contributed by atoms with van der Waals surface area (Å²) in [5.41, 5.74) is 0.556. The van der Waals surface area contributed by atoms with Gasteiger partial charge >= 0.3 is 0 Å². The topological polar surface area (TPSA) is 23.5 Å². The molecule has 2 aliphatic rings. The summed E-state index contributed by atoms with van der Waals surface area (Å²) < 4.78 is 0. The molecule has 18 heavy (non-hydrogen) atoms. The zero-order valence-electron chi connectivity index (χ0n) is 12.5. The summed E-state index contributed by atoms with van der Waals surface area (Å²) in [4.78, 5) is 2.59. The average Bonchev–Trinajstić information content (AvgIpc) is 2.41. The fourth-order valence-corrected chi connectivity index (χ4v) is 3.73. The van der Waals surface area contributed by atoms with Gasteiger partial charge in [-0.25, -0.2) is 0 Å². The number of aliphatic hydroxyl groups is 1. The molecule has 1 N–H and O–H groups in total. The maximum atomic E-state index is 10.3. The van der Waals surface area contributed by atoms with E-state index in [1.54, 1.807) is 0 Å². The van der Waals surface area contributed by atoms with Gasteiger partial charge in [0.15, 0.2) is 0 Å². The van der Waals surface area contributed by atoms with Crippen molar-refractivity contribution in [3.8, 4) is 0 Å². The van der Waals surface area contributed by atoms with Gasteiger partial charge in [0.25, 0.3) is 0 Å². The third kappa shape index (κ3) is 3.08. The van der Waals surface area contributed by atoms with Gasteiger partial charge < -0.3 is 5.11 Å². The second-order valence-electron chi connectivity index (χ2n) is 6.92. The Kier molecular flexibility index (Phi) is 4.71. The van der Waals surface area contributed by atoms with Gasteiger partial charge in [-0.3, -0.25) is 4.90 Å². The molecular formula is C16H31NO. The minimum Gasteiger partial charge on any atom is -0.391 e. The van der Waals surface area contributed by atoms with Gasteiger partial charge in [-0.05, 0) is 56.5 Å². The van der Waals surface area contributed by atoms with Crippen molar-refractivity contribution >= 4 is 0 Å². The first kappa shape index (κ1) is 14.3. The van der Waals surface area contributed by atoms with E-state index in [0.717, 1.165) is 12.3 Å². The normalized spacial score (nSPS) is 37.7. The second-order valence-corrected chi connectivity index (χ2v) is 6.92. The zero-order chi connectivity index (χ0) is 13.2. The molecule has 0 aromatic heterocycles. The van der Waals surface area contributed by atoms with Gasteiger partial charge in [0.1, 0.15) is 0 Å². The lowest BCUT2D eigenvalue weighted by atomic mass is 9.76. The minimum atomic E-state index is -0.0706.